The predicted octanol–water partition coefficient (Wildman–Crippen LogP) is 3.35. The average Bonchev–Trinajstić information content (AvgIpc) is 2.46. The first-order chi connectivity index (χ1) is 9.99. The minimum atomic E-state index is -0.399. The summed E-state index contributed by atoms with van der Waals surface area (Å²) in [7, 11) is 1.51. The largest absolute Gasteiger partial charge is 0.497 e. The van der Waals surface area contributed by atoms with Gasteiger partial charge in [-0.2, -0.15) is 0 Å². The normalized spacial score (nSPS) is 10.2. The molecule has 0 aliphatic rings. The smallest absolute Gasteiger partial charge is 0.124 e. The molecule has 2 rings (SSSR count). The number of nitrogens with two attached hydrogens (primary N) is 1. The van der Waals surface area contributed by atoms with E-state index in [9.17, 15) is 4.39 Å². The number of amidine groups is 1. The minimum Gasteiger partial charge on any atom is -0.497 e. The molecule has 4 nitrogen and oxygen atoms in total. The van der Waals surface area contributed by atoms with Crippen molar-refractivity contribution >= 4 is 17.4 Å². The zero-order chi connectivity index (χ0) is 15.4. The maximum absolute atomic E-state index is 13.0. The molecule has 0 atom stereocenters. The van der Waals surface area contributed by atoms with Gasteiger partial charge < -0.3 is 15.2 Å². The minimum absolute atomic E-state index is 0.0847. The Hall–Kier alpha value is -2.27. The van der Waals surface area contributed by atoms with Crippen LogP contribution >= 0.6 is 11.6 Å². The van der Waals surface area contributed by atoms with Gasteiger partial charge in [0.15, 0.2) is 0 Å². The Morgan fingerprint density at radius 2 is 1.95 bits per heavy atom. The van der Waals surface area contributed by atoms with Gasteiger partial charge in [-0.25, -0.2) is 4.39 Å². The predicted molar refractivity (Wildman–Crippen MR) is 79.8 cm³/mol. The summed E-state index contributed by atoms with van der Waals surface area (Å²) in [6.45, 7) is 0.170. The third-order valence-electron chi connectivity index (χ3n) is 2.84. The van der Waals surface area contributed by atoms with Gasteiger partial charge in [0.1, 0.15) is 29.8 Å². The molecule has 0 heterocycles. The number of nitrogen functional groups attached to an aromatic ring is 1. The highest BCUT2D eigenvalue weighted by Crippen LogP contribution is 2.25. The molecule has 0 radical (unpaired) electrons. The molecule has 6 heteroatoms. The van der Waals surface area contributed by atoms with Gasteiger partial charge in [0, 0.05) is 17.2 Å². The van der Waals surface area contributed by atoms with Crippen LogP contribution in [0, 0.1) is 11.2 Å². The van der Waals surface area contributed by atoms with Crippen LogP contribution in [0.5, 0.6) is 11.5 Å². The highest BCUT2D eigenvalue weighted by molar-refractivity contribution is 6.31. The van der Waals surface area contributed by atoms with E-state index in [2.05, 4.69) is 0 Å². The molecule has 0 aromatic heterocycles. The Morgan fingerprint density at radius 1 is 1.24 bits per heavy atom. The van der Waals surface area contributed by atoms with Crippen LogP contribution in [-0.2, 0) is 6.61 Å². The summed E-state index contributed by atoms with van der Waals surface area (Å²) >= 11 is 5.94. The van der Waals surface area contributed by atoms with Crippen molar-refractivity contribution in [3.63, 3.8) is 0 Å². The van der Waals surface area contributed by atoms with Crippen molar-refractivity contribution in [1.29, 1.82) is 5.41 Å². The molecule has 0 unspecified atom stereocenters. The van der Waals surface area contributed by atoms with E-state index in [-0.39, 0.29) is 12.4 Å². The van der Waals surface area contributed by atoms with Gasteiger partial charge in [0.05, 0.1) is 12.1 Å². The van der Waals surface area contributed by atoms with E-state index < -0.39 is 5.82 Å². The fourth-order valence-electron chi connectivity index (χ4n) is 1.73. The molecule has 2 aromatic carbocycles. The van der Waals surface area contributed by atoms with Crippen LogP contribution in [0.3, 0.4) is 0 Å². The van der Waals surface area contributed by atoms with Crippen LogP contribution in [0.15, 0.2) is 36.4 Å². The lowest BCUT2D eigenvalue weighted by molar-refractivity contribution is 0.303. The van der Waals surface area contributed by atoms with Crippen LogP contribution in [0.1, 0.15) is 11.1 Å². The Morgan fingerprint density at radius 3 is 2.57 bits per heavy atom. The highest BCUT2D eigenvalue weighted by atomic mass is 35.5. The van der Waals surface area contributed by atoms with Gasteiger partial charge in [0.2, 0.25) is 0 Å². The van der Waals surface area contributed by atoms with E-state index in [0.29, 0.717) is 27.6 Å². The van der Waals surface area contributed by atoms with Crippen LogP contribution in [0.25, 0.3) is 0 Å². The molecule has 21 heavy (non-hydrogen) atoms. The van der Waals surface area contributed by atoms with E-state index in [1.54, 1.807) is 24.3 Å². The van der Waals surface area contributed by atoms with Crippen molar-refractivity contribution in [2.75, 3.05) is 7.11 Å². The maximum Gasteiger partial charge on any atom is 0.124 e. The fraction of sp³-hybridized carbons (Fsp3) is 0.133. The molecule has 0 aliphatic heterocycles. The van der Waals surface area contributed by atoms with E-state index >= 15 is 0 Å². The Kier molecular flexibility index (Phi) is 4.65. The van der Waals surface area contributed by atoms with Crippen LogP contribution in [-0.4, -0.2) is 12.9 Å². The number of methoxy groups -OCH3 is 1. The highest BCUT2D eigenvalue weighted by Gasteiger charge is 2.07. The van der Waals surface area contributed by atoms with Crippen LogP contribution < -0.4 is 15.2 Å². The molecule has 0 fully saturated rings. The summed E-state index contributed by atoms with van der Waals surface area (Å²) in [5, 5.41) is 7.76. The van der Waals surface area contributed by atoms with Crippen LogP contribution in [0.4, 0.5) is 4.39 Å². The van der Waals surface area contributed by atoms with Gasteiger partial charge in [-0.05, 0) is 24.3 Å². The molecule has 0 spiro atoms. The van der Waals surface area contributed by atoms with Crippen molar-refractivity contribution in [3.8, 4) is 11.5 Å². The monoisotopic (exact) mass is 308 g/mol. The fourth-order valence-corrected chi connectivity index (χ4v) is 1.95. The van der Waals surface area contributed by atoms with Crippen LogP contribution in [0.2, 0.25) is 5.02 Å². The summed E-state index contributed by atoms with van der Waals surface area (Å²) in [6, 6.07) is 9.04. The first-order valence-corrected chi connectivity index (χ1v) is 6.47. The third-order valence-corrected chi connectivity index (χ3v) is 3.19. The number of hydrogen-bond donors (Lipinski definition) is 2. The number of nitrogens with one attached hydrogen (secondary N) is 1. The summed E-state index contributed by atoms with van der Waals surface area (Å²) in [5.41, 5.74) is 6.62. The maximum atomic E-state index is 13.0. The second kappa shape index (κ2) is 6.45. The Labute approximate surface area is 126 Å². The standard InChI is InChI=1S/C15H14ClFN2O2/c1-20-12-4-10(15(18)19)5-13(7-12)21-8-9-2-3-11(17)6-14(9)16/h2-7H,8H2,1H3,(H3,18,19). The zero-order valence-electron chi connectivity index (χ0n) is 11.3. The van der Waals surface area contributed by atoms with Gasteiger partial charge in [-0.15, -0.1) is 0 Å². The lowest BCUT2D eigenvalue weighted by atomic mass is 10.2. The summed E-state index contributed by atoms with van der Waals surface area (Å²) in [5.74, 6) is 0.533. The lowest BCUT2D eigenvalue weighted by Gasteiger charge is -2.11. The first-order valence-electron chi connectivity index (χ1n) is 6.10. The average molecular weight is 309 g/mol. The Balaban J connectivity index is 2.19. The van der Waals surface area contributed by atoms with Gasteiger partial charge in [-0.1, -0.05) is 17.7 Å². The molecule has 3 N–H and O–H groups in total. The molecule has 0 bridgehead atoms. The second-order valence-corrected chi connectivity index (χ2v) is 4.74. The number of rotatable bonds is 5. The summed E-state index contributed by atoms with van der Waals surface area (Å²) < 4.78 is 23.7. The van der Waals surface area contributed by atoms with Gasteiger partial charge >= 0.3 is 0 Å². The number of ether oxygens (including phenoxy) is 2. The topological polar surface area (TPSA) is 68.3 Å². The SMILES string of the molecule is COc1cc(OCc2ccc(F)cc2Cl)cc(C(=N)N)c1. The van der Waals surface area contributed by atoms with Crippen molar-refractivity contribution < 1.29 is 13.9 Å². The number of hydrogen-bond acceptors (Lipinski definition) is 3. The van der Waals surface area contributed by atoms with Crippen molar-refractivity contribution in [2.45, 2.75) is 6.61 Å². The second-order valence-electron chi connectivity index (χ2n) is 4.34. The summed E-state index contributed by atoms with van der Waals surface area (Å²) in [6.07, 6.45) is 0. The van der Waals surface area contributed by atoms with Gasteiger partial charge in [-0.3, -0.25) is 5.41 Å². The molecule has 0 saturated heterocycles. The van der Waals surface area contributed by atoms with E-state index in [1.165, 1.54) is 19.2 Å². The van der Waals surface area contributed by atoms with Gasteiger partial charge in [0.25, 0.3) is 0 Å². The van der Waals surface area contributed by atoms with E-state index in [0.717, 1.165) is 0 Å². The first kappa shape index (κ1) is 15.1. The number of halogens is 2. The molecule has 0 aliphatic carbocycles. The van der Waals surface area contributed by atoms with Crippen molar-refractivity contribution in [3.05, 3.63) is 58.4 Å². The summed E-state index contributed by atoms with van der Waals surface area (Å²) in [4.78, 5) is 0. The molecule has 110 valence electrons. The molecule has 0 saturated carbocycles. The Bertz CT molecular complexity index is 677. The van der Waals surface area contributed by atoms with E-state index in [1.807, 2.05) is 0 Å². The zero-order valence-corrected chi connectivity index (χ0v) is 12.1. The number of benzene rings is 2. The quantitative estimate of drug-likeness (QED) is 0.657. The third kappa shape index (κ3) is 3.86. The van der Waals surface area contributed by atoms with Crippen molar-refractivity contribution in [2.24, 2.45) is 5.73 Å². The lowest BCUT2D eigenvalue weighted by Crippen LogP contribution is -2.11. The molecular formula is C15H14ClFN2O2. The van der Waals surface area contributed by atoms with Crippen molar-refractivity contribution in [1.82, 2.24) is 0 Å². The molecule has 2 aromatic rings. The van der Waals surface area contributed by atoms with E-state index in [4.69, 9.17) is 32.2 Å². The molecular weight excluding hydrogens is 295 g/mol. The molecule has 0 amide bonds.